The number of hydrogen-bond donors (Lipinski definition) is 2. The topological polar surface area (TPSA) is 85.2 Å². The molecular formula is C20H25FN4O3. The lowest BCUT2D eigenvalue weighted by atomic mass is 10.0. The highest BCUT2D eigenvalue weighted by atomic mass is 19.1. The van der Waals surface area contributed by atoms with Gasteiger partial charge in [0.15, 0.2) is 5.69 Å². The summed E-state index contributed by atoms with van der Waals surface area (Å²) in [5.74, 6) is -0.682. The fourth-order valence-electron chi connectivity index (χ4n) is 3.15. The standard InChI is InChI=1S/C20H25FN4O3/c1-13-4-5-15(21)14(10-13)18(26)23-12-20(6-7-20)8-9-22-19(27)16-11-17(28-3)25(2)24-16/h4-5,10-11H,6-9,12H2,1-3H3,(H,22,27)(H,23,26). The van der Waals surface area contributed by atoms with Crippen molar-refractivity contribution in [1.29, 1.82) is 0 Å². The molecule has 28 heavy (non-hydrogen) atoms. The van der Waals surface area contributed by atoms with E-state index in [0.29, 0.717) is 24.7 Å². The third-order valence-electron chi connectivity index (χ3n) is 5.17. The van der Waals surface area contributed by atoms with E-state index < -0.39 is 11.7 Å². The van der Waals surface area contributed by atoms with Crippen LogP contribution in [0.1, 0.15) is 45.7 Å². The first-order valence-corrected chi connectivity index (χ1v) is 9.24. The van der Waals surface area contributed by atoms with E-state index in [9.17, 15) is 14.0 Å². The molecular weight excluding hydrogens is 363 g/mol. The van der Waals surface area contributed by atoms with E-state index in [2.05, 4.69) is 15.7 Å². The number of benzene rings is 1. The zero-order valence-corrected chi connectivity index (χ0v) is 16.3. The van der Waals surface area contributed by atoms with Gasteiger partial charge in [0.25, 0.3) is 11.8 Å². The molecule has 1 heterocycles. The van der Waals surface area contributed by atoms with Gasteiger partial charge in [-0.1, -0.05) is 11.6 Å². The largest absolute Gasteiger partial charge is 0.481 e. The summed E-state index contributed by atoms with van der Waals surface area (Å²) in [5.41, 5.74) is 1.16. The fraction of sp³-hybridized carbons (Fsp3) is 0.450. The minimum atomic E-state index is -0.522. The van der Waals surface area contributed by atoms with Crippen LogP contribution in [0.15, 0.2) is 24.3 Å². The van der Waals surface area contributed by atoms with E-state index in [1.165, 1.54) is 17.9 Å². The molecule has 1 aliphatic carbocycles. The van der Waals surface area contributed by atoms with Crippen molar-refractivity contribution < 1.29 is 18.7 Å². The lowest BCUT2D eigenvalue weighted by Crippen LogP contribution is -2.33. The number of aryl methyl sites for hydroxylation is 2. The molecule has 0 bridgehead atoms. The Hall–Kier alpha value is -2.90. The first-order chi connectivity index (χ1) is 13.3. The van der Waals surface area contributed by atoms with Crippen molar-refractivity contribution in [3.05, 3.63) is 46.9 Å². The number of ether oxygens (including phenoxy) is 1. The molecule has 3 rings (SSSR count). The van der Waals surface area contributed by atoms with E-state index in [0.717, 1.165) is 24.8 Å². The number of nitrogens with zero attached hydrogens (tertiary/aromatic N) is 2. The van der Waals surface area contributed by atoms with Gasteiger partial charge in [-0.2, -0.15) is 5.10 Å². The van der Waals surface area contributed by atoms with Crippen molar-refractivity contribution in [2.45, 2.75) is 26.2 Å². The zero-order valence-electron chi connectivity index (χ0n) is 16.3. The Balaban J connectivity index is 1.47. The highest BCUT2D eigenvalue weighted by molar-refractivity contribution is 5.94. The van der Waals surface area contributed by atoms with Crippen LogP contribution >= 0.6 is 0 Å². The molecule has 0 radical (unpaired) electrons. The molecule has 0 atom stereocenters. The maximum Gasteiger partial charge on any atom is 0.271 e. The van der Waals surface area contributed by atoms with Crippen LogP contribution in [-0.2, 0) is 7.05 Å². The van der Waals surface area contributed by atoms with Crippen LogP contribution in [0.4, 0.5) is 4.39 Å². The van der Waals surface area contributed by atoms with Gasteiger partial charge in [0.1, 0.15) is 5.82 Å². The lowest BCUT2D eigenvalue weighted by molar-refractivity contribution is 0.0924. The quantitative estimate of drug-likeness (QED) is 0.726. The molecule has 1 aromatic carbocycles. The van der Waals surface area contributed by atoms with E-state index in [1.54, 1.807) is 25.2 Å². The van der Waals surface area contributed by atoms with Crippen LogP contribution in [-0.4, -0.2) is 41.8 Å². The zero-order chi connectivity index (χ0) is 20.3. The Labute approximate surface area is 163 Å². The van der Waals surface area contributed by atoms with Gasteiger partial charge in [-0.15, -0.1) is 0 Å². The third-order valence-corrected chi connectivity index (χ3v) is 5.17. The van der Waals surface area contributed by atoms with Gasteiger partial charge in [0.2, 0.25) is 5.88 Å². The minimum Gasteiger partial charge on any atom is -0.481 e. The fourth-order valence-corrected chi connectivity index (χ4v) is 3.15. The second-order valence-electron chi connectivity index (χ2n) is 7.37. The molecule has 2 amide bonds. The second kappa shape index (κ2) is 8.00. The third kappa shape index (κ3) is 4.49. The molecule has 1 fully saturated rings. The van der Waals surface area contributed by atoms with E-state index in [4.69, 9.17) is 4.74 Å². The minimum absolute atomic E-state index is 0.0367. The van der Waals surface area contributed by atoms with Crippen LogP contribution in [0.2, 0.25) is 0 Å². The van der Waals surface area contributed by atoms with Crippen molar-refractivity contribution in [3.63, 3.8) is 0 Å². The summed E-state index contributed by atoms with van der Waals surface area (Å²) in [6.45, 7) is 2.76. The van der Waals surface area contributed by atoms with E-state index in [-0.39, 0.29) is 16.9 Å². The van der Waals surface area contributed by atoms with Crippen LogP contribution in [0, 0.1) is 18.2 Å². The number of halogens is 1. The number of rotatable bonds is 8. The first kappa shape index (κ1) is 19.9. The highest BCUT2D eigenvalue weighted by Crippen LogP contribution is 2.47. The Kier molecular flexibility index (Phi) is 5.67. The molecule has 1 aliphatic rings. The number of methoxy groups -OCH3 is 1. The van der Waals surface area contributed by atoms with Crippen molar-refractivity contribution in [1.82, 2.24) is 20.4 Å². The van der Waals surface area contributed by atoms with E-state index >= 15 is 0 Å². The molecule has 0 spiro atoms. The maximum absolute atomic E-state index is 13.8. The summed E-state index contributed by atoms with van der Waals surface area (Å²) >= 11 is 0. The second-order valence-corrected chi connectivity index (χ2v) is 7.37. The van der Waals surface area contributed by atoms with Crippen LogP contribution in [0.25, 0.3) is 0 Å². The molecule has 0 saturated heterocycles. The molecule has 7 nitrogen and oxygen atoms in total. The van der Waals surface area contributed by atoms with Crippen molar-refractivity contribution in [2.24, 2.45) is 12.5 Å². The van der Waals surface area contributed by atoms with Crippen LogP contribution in [0.5, 0.6) is 5.88 Å². The Morgan fingerprint density at radius 1 is 1.25 bits per heavy atom. The monoisotopic (exact) mass is 388 g/mol. The summed E-state index contributed by atoms with van der Waals surface area (Å²) in [4.78, 5) is 24.5. The Bertz CT molecular complexity index is 890. The summed E-state index contributed by atoms with van der Waals surface area (Å²) in [7, 11) is 3.22. The van der Waals surface area contributed by atoms with Crippen molar-refractivity contribution in [3.8, 4) is 5.88 Å². The SMILES string of the molecule is COc1cc(C(=O)NCCC2(CNC(=O)c3cc(C)ccc3F)CC2)nn1C. The summed E-state index contributed by atoms with van der Waals surface area (Å²) < 4.78 is 20.4. The molecule has 150 valence electrons. The lowest BCUT2D eigenvalue weighted by Gasteiger charge is -2.16. The van der Waals surface area contributed by atoms with Crippen molar-refractivity contribution >= 4 is 11.8 Å². The van der Waals surface area contributed by atoms with Gasteiger partial charge < -0.3 is 15.4 Å². The van der Waals surface area contributed by atoms with Gasteiger partial charge in [-0.25, -0.2) is 9.07 Å². The number of hydrogen-bond acceptors (Lipinski definition) is 4. The van der Waals surface area contributed by atoms with Gasteiger partial charge in [-0.3, -0.25) is 9.59 Å². The number of aromatic nitrogens is 2. The molecule has 1 aromatic heterocycles. The van der Waals surface area contributed by atoms with Crippen LogP contribution in [0.3, 0.4) is 0 Å². The number of nitrogens with one attached hydrogen (secondary N) is 2. The highest BCUT2D eigenvalue weighted by Gasteiger charge is 2.42. The molecule has 0 unspecified atom stereocenters. The summed E-state index contributed by atoms with van der Waals surface area (Å²) in [6, 6.07) is 6.07. The average molecular weight is 388 g/mol. The summed E-state index contributed by atoms with van der Waals surface area (Å²) in [6.07, 6.45) is 2.67. The molecule has 1 saturated carbocycles. The number of amides is 2. The predicted octanol–water partition coefficient (Wildman–Crippen LogP) is 2.21. The Morgan fingerprint density at radius 3 is 2.64 bits per heavy atom. The smallest absolute Gasteiger partial charge is 0.271 e. The predicted molar refractivity (Wildman–Crippen MR) is 102 cm³/mol. The van der Waals surface area contributed by atoms with Gasteiger partial charge in [0, 0.05) is 26.2 Å². The first-order valence-electron chi connectivity index (χ1n) is 9.24. The summed E-state index contributed by atoms with van der Waals surface area (Å²) in [5, 5.41) is 9.79. The van der Waals surface area contributed by atoms with Gasteiger partial charge in [0.05, 0.1) is 12.7 Å². The van der Waals surface area contributed by atoms with E-state index in [1.807, 2.05) is 6.92 Å². The Morgan fingerprint density at radius 2 is 2.00 bits per heavy atom. The van der Waals surface area contributed by atoms with Crippen LogP contribution < -0.4 is 15.4 Å². The maximum atomic E-state index is 13.8. The van der Waals surface area contributed by atoms with Gasteiger partial charge in [-0.05, 0) is 43.7 Å². The normalized spacial score (nSPS) is 14.4. The molecule has 8 heteroatoms. The average Bonchev–Trinajstić information content (AvgIpc) is 3.34. The van der Waals surface area contributed by atoms with Crippen molar-refractivity contribution in [2.75, 3.05) is 20.2 Å². The molecule has 0 aliphatic heterocycles. The van der Waals surface area contributed by atoms with Gasteiger partial charge >= 0.3 is 0 Å². The number of carbonyl (C=O) groups is 2. The number of carbonyl (C=O) groups excluding carboxylic acids is 2. The molecule has 2 aromatic rings. The molecule has 2 N–H and O–H groups in total.